The Morgan fingerprint density at radius 2 is 2.05 bits per heavy atom. The number of carbonyl (C=O) groups excluding carboxylic acids is 1. The molecule has 0 atom stereocenters. The molecule has 0 saturated heterocycles. The molecule has 0 unspecified atom stereocenters. The molecule has 0 fully saturated rings. The second-order valence-electron chi connectivity index (χ2n) is 4.76. The van der Waals surface area contributed by atoms with Crippen LogP contribution in [0.25, 0.3) is 10.9 Å². The molecule has 0 saturated carbocycles. The molecule has 0 spiro atoms. The number of amides is 1. The molecule has 6 heteroatoms. The minimum atomic E-state index is -0.940. The van der Waals surface area contributed by atoms with Crippen molar-refractivity contribution in [3.63, 3.8) is 0 Å². The Labute approximate surface area is 122 Å². The predicted molar refractivity (Wildman–Crippen MR) is 78.2 cm³/mol. The van der Waals surface area contributed by atoms with Gasteiger partial charge in [0.1, 0.15) is 0 Å². The molecule has 112 valence electrons. The van der Waals surface area contributed by atoms with Crippen molar-refractivity contribution in [3.05, 3.63) is 36.0 Å². The normalized spacial score (nSPS) is 10.7. The number of rotatable bonds is 7. The number of aliphatic hydroxyl groups is 1. The molecule has 2 rings (SSSR count). The van der Waals surface area contributed by atoms with E-state index in [4.69, 9.17) is 10.2 Å². The van der Waals surface area contributed by atoms with Crippen LogP contribution in [0.3, 0.4) is 0 Å². The van der Waals surface area contributed by atoms with Gasteiger partial charge in [0.2, 0.25) is 5.91 Å². The van der Waals surface area contributed by atoms with E-state index in [2.05, 4.69) is 5.32 Å². The molecular formula is C15H18N2O4. The summed E-state index contributed by atoms with van der Waals surface area (Å²) in [5, 5.41) is 21.0. The van der Waals surface area contributed by atoms with Crippen molar-refractivity contribution in [2.45, 2.75) is 19.4 Å². The van der Waals surface area contributed by atoms with Crippen LogP contribution in [0.5, 0.6) is 0 Å². The van der Waals surface area contributed by atoms with Crippen molar-refractivity contribution in [1.82, 2.24) is 9.88 Å². The van der Waals surface area contributed by atoms with Crippen LogP contribution in [0.1, 0.15) is 23.2 Å². The second kappa shape index (κ2) is 6.90. The van der Waals surface area contributed by atoms with Crippen molar-refractivity contribution < 1.29 is 19.8 Å². The van der Waals surface area contributed by atoms with Crippen LogP contribution >= 0.6 is 0 Å². The van der Waals surface area contributed by atoms with E-state index in [1.54, 1.807) is 18.2 Å². The number of aryl methyl sites for hydroxylation is 1. The van der Waals surface area contributed by atoms with Gasteiger partial charge in [0, 0.05) is 36.6 Å². The highest BCUT2D eigenvalue weighted by Gasteiger charge is 2.07. The van der Waals surface area contributed by atoms with E-state index in [0.717, 1.165) is 10.9 Å². The third-order valence-corrected chi connectivity index (χ3v) is 3.25. The lowest BCUT2D eigenvalue weighted by atomic mass is 10.1. The number of aliphatic hydroxyl groups excluding tert-OH is 1. The molecule has 21 heavy (non-hydrogen) atoms. The largest absolute Gasteiger partial charge is 0.478 e. The number of nitrogens with zero attached hydrogens (tertiary/aromatic N) is 1. The Kier molecular flexibility index (Phi) is 4.94. The number of aromatic carboxylic acids is 1. The molecule has 2 aromatic rings. The van der Waals surface area contributed by atoms with Crippen molar-refractivity contribution in [3.8, 4) is 0 Å². The molecular weight excluding hydrogens is 272 g/mol. The molecule has 6 nitrogen and oxygen atoms in total. The number of aromatic nitrogens is 1. The molecule has 0 radical (unpaired) electrons. The lowest BCUT2D eigenvalue weighted by Crippen LogP contribution is -2.26. The highest BCUT2D eigenvalue weighted by molar-refractivity contribution is 5.93. The molecule has 0 aliphatic rings. The number of carboxylic acid groups (broad SMARTS) is 1. The van der Waals surface area contributed by atoms with Gasteiger partial charge in [0.25, 0.3) is 0 Å². The van der Waals surface area contributed by atoms with Crippen LogP contribution in [0.4, 0.5) is 0 Å². The number of nitrogens with one attached hydrogen (secondary N) is 1. The van der Waals surface area contributed by atoms with Gasteiger partial charge in [-0.05, 0) is 30.7 Å². The van der Waals surface area contributed by atoms with Crippen molar-refractivity contribution in [2.75, 3.05) is 13.2 Å². The minimum absolute atomic E-state index is 0.0557. The molecule has 0 bridgehead atoms. The summed E-state index contributed by atoms with van der Waals surface area (Å²) >= 11 is 0. The van der Waals surface area contributed by atoms with Crippen molar-refractivity contribution in [1.29, 1.82) is 0 Å². The van der Waals surface area contributed by atoms with Crippen molar-refractivity contribution >= 4 is 22.8 Å². The highest BCUT2D eigenvalue weighted by atomic mass is 16.4. The number of fused-ring (bicyclic) bond motifs is 1. The number of carbonyl (C=O) groups is 2. The van der Waals surface area contributed by atoms with Crippen LogP contribution in [0, 0.1) is 0 Å². The molecule has 0 aliphatic carbocycles. The second-order valence-corrected chi connectivity index (χ2v) is 4.76. The summed E-state index contributed by atoms with van der Waals surface area (Å²) < 4.78 is 2.00. The van der Waals surface area contributed by atoms with Gasteiger partial charge in [-0.3, -0.25) is 4.79 Å². The first-order chi connectivity index (χ1) is 10.1. The van der Waals surface area contributed by atoms with Crippen LogP contribution < -0.4 is 5.32 Å². The first-order valence-corrected chi connectivity index (χ1v) is 6.81. The van der Waals surface area contributed by atoms with Gasteiger partial charge < -0.3 is 20.1 Å². The van der Waals surface area contributed by atoms with Crippen LogP contribution in [0.15, 0.2) is 30.5 Å². The summed E-state index contributed by atoms with van der Waals surface area (Å²) in [5.41, 5.74) is 1.22. The zero-order valence-corrected chi connectivity index (χ0v) is 11.6. The predicted octanol–water partition coefficient (Wildman–Crippen LogP) is 1.23. The fraction of sp³-hybridized carbons (Fsp3) is 0.333. The standard InChI is InChI=1S/C15H18N2O4/c18-9-6-16-14(19)2-1-7-17-8-5-11-10-12(15(20)21)3-4-13(11)17/h3-5,8,10,18H,1-2,6-7,9H2,(H,16,19)(H,20,21). The van der Waals surface area contributed by atoms with E-state index >= 15 is 0 Å². The Bertz CT molecular complexity index is 648. The Morgan fingerprint density at radius 1 is 1.24 bits per heavy atom. The lowest BCUT2D eigenvalue weighted by molar-refractivity contribution is -0.121. The van der Waals surface area contributed by atoms with Crippen LogP contribution in [0.2, 0.25) is 0 Å². The fourth-order valence-electron chi connectivity index (χ4n) is 2.22. The Morgan fingerprint density at radius 3 is 2.76 bits per heavy atom. The molecule has 1 heterocycles. The summed E-state index contributed by atoms with van der Waals surface area (Å²) in [7, 11) is 0. The number of benzene rings is 1. The lowest BCUT2D eigenvalue weighted by Gasteiger charge is -2.06. The van der Waals surface area contributed by atoms with Gasteiger partial charge in [0.05, 0.1) is 12.2 Å². The van der Waals surface area contributed by atoms with Gasteiger partial charge >= 0.3 is 5.97 Å². The summed E-state index contributed by atoms with van der Waals surface area (Å²) in [6, 6.07) is 6.87. The summed E-state index contributed by atoms with van der Waals surface area (Å²) in [5.74, 6) is -1.01. The number of carboxylic acids is 1. The SMILES string of the molecule is O=C(CCCn1ccc2cc(C(=O)O)ccc21)NCCO. The quantitative estimate of drug-likeness (QED) is 0.715. The van der Waals surface area contributed by atoms with E-state index in [1.165, 1.54) is 0 Å². The topological polar surface area (TPSA) is 91.6 Å². The zero-order chi connectivity index (χ0) is 15.2. The van der Waals surface area contributed by atoms with E-state index in [1.807, 2.05) is 16.8 Å². The van der Waals surface area contributed by atoms with Gasteiger partial charge in [-0.1, -0.05) is 0 Å². The van der Waals surface area contributed by atoms with E-state index < -0.39 is 5.97 Å². The Balaban J connectivity index is 1.97. The maximum absolute atomic E-state index is 11.4. The maximum atomic E-state index is 11.4. The van der Waals surface area contributed by atoms with E-state index in [9.17, 15) is 9.59 Å². The molecule has 0 aliphatic heterocycles. The smallest absolute Gasteiger partial charge is 0.335 e. The summed E-state index contributed by atoms with van der Waals surface area (Å²) in [4.78, 5) is 22.3. The van der Waals surface area contributed by atoms with Gasteiger partial charge in [-0.15, -0.1) is 0 Å². The van der Waals surface area contributed by atoms with E-state index in [-0.39, 0.29) is 24.6 Å². The first-order valence-electron chi connectivity index (χ1n) is 6.81. The van der Waals surface area contributed by atoms with Gasteiger partial charge in [-0.25, -0.2) is 4.79 Å². The average Bonchev–Trinajstić information content (AvgIpc) is 2.87. The summed E-state index contributed by atoms with van der Waals surface area (Å²) in [6.45, 7) is 0.908. The molecule has 3 N–H and O–H groups in total. The molecule has 1 amide bonds. The van der Waals surface area contributed by atoms with Gasteiger partial charge in [0.15, 0.2) is 0 Å². The monoisotopic (exact) mass is 290 g/mol. The first kappa shape index (κ1) is 15.1. The third kappa shape index (κ3) is 3.82. The maximum Gasteiger partial charge on any atom is 0.335 e. The van der Waals surface area contributed by atoms with Crippen LogP contribution in [-0.4, -0.2) is 39.8 Å². The minimum Gasteiger partial charge on any atom is -0.478 e. The fourth-order valence-corrected chi connectivity index (χ4v) is 2.22. The zero-order valence-electron chi connectivity index (χ0n) is 11.6. The number of hydrogen-bond donors (Lipinski definition) is 3. The average molecular weight is 290 g/mol. The Hall–Kier alpha value is -2.34. The molecule has 1 aromatic carbocycles. The van der Waals surface area contributed by atoms with Crippen LogP contribution in [-0.2, 0) is 11.3 Å². The van der Waals surface area contributed by atoms with Crippen molar-refractivity contribution in [2.24, 2.45) is 0 Å². The molecule has 1 aromatic heterocycles. The number of hydrogen-bond acceptors (Lipinski definition) is 3. The van der Waals surface area contributed by atoms with Gasteiger partial charge in [-0.2, -0.15) is 0 Å². The summed E-state index contributed by atoms with van der Waals surface area (Å²) in [6.07, 6.45) is 2.97. The van der Waals surface area contributed by atoms with E-state index in [0.29, 0.717) is 19.4 Å². The third-order valence-electron chi connectivity index (χ3n) is 3.25. The highest BCUT2D eigenvalue weighted by Crippen LogP contribution is 2.18.